The number of hydrogen-bond donors (Lipinski definition) is 0. The molecular formula is C27H33Cl2N3O6S. The van der Waals surface area contributed by atoms with Crippen molar-refractivity contribution in [2.24, 2.45) is 0 Å². The van der Waals surface area contributed by atoms with Crippen molar-refractivity contribution in [2.45, 2.75) is 32.2 Å². The van der Waals surface area contributed by atoms with E-state index in [2.05, 4.69) is 0 Å². The molecule has 3 rings (SSSR count). The molecule has 1 unspecified atom stereocenters. The Balaban J connectivity index is 1.78. The molecule has 12 heteroatoms. The zero-order valence-corrected chi connectivity index (χ0v) is 24.4. The highest BCUT2D eigenvalue weighted by Crippen LogP contribution is 2.23. The quantitative estimate of drug-likeness (QED) is 0.310. The number of thiophene rings is 1. The molecule has 2 heterocycles. The number of carbonyl (C=O) groups excluding carboxylic acids is 4. The van der Waals surface area contributed by atoms with E-state index in [-0.39, 0.29) is 57.6 Å². The minimum Gasteiger partial charge on any atom is -0.465 e. The van der Waals surface area contributed by atoms with Gasteiger partial charge < -0.3 is 24.2 Å². The second-order valence-electron chi connectivity index (χ2n) is 9.00. The van der Waals surface area contributed by atoms with E-state index in [1.54, 1.807) is 36.5 Å². The Bertz CT molecular complexity index is 1150. The van der Waals surface area contributed by atoms with E-state index in [1.165, 1.54) is 21.8 Å². The lowest BCUT2D eigenvalue weighted by Crippen LogP contribution is -2.61. The lowest BCUT2D eigenvalue weighted by atomic mass is 10.0. The van der Waals surface area contributed by atoms with Gasteiger partial charge in [-0.1, -0.05) is 35.3 Å². The van der Waals surface area contributed by atoms with Gasteiger partial charge in [0.1, 0.15) is 12.6 Å². The normalized spacial score (nSPS) is 15.5. The predicted molar refractivity (Wildman–Crippen MR) is 150 cm³/mol. The molecule has 0 aliphatic carbocycles. The van der Waals surface area contributed by atoms with Crippen LogP contribution < -0.4 is 0 Å². The number of amides is 3. The van der Waals surface area contributed by atoms with Gasteiger partial charge in [-0.15, -0.1) is 11.3 Å². The lowest BCUT2D eigenvalue weighted by Gasteiger charge is -2.40. The summed E-state index contributed by atoms with van der Waals surface area (Å²) < 4.78 is 10.1. The number of carbonyl (C=O) groups is 4. The third-order valence-electron chi connectivity index (χ3n) is 6.38. The van der Waals surface area contributed by atoms with Gasteiger partial charge in [0.25, 0.3) is 0 Å². The van der Waals surface area contributed by atoms with Gasteiger partial charge in [-0.3, -0.25) is 19.2 Å². The number of benzene rings is 1. The Morgan fingerprint density at radius 1 is 1.15 bits per heavy atom. The van der Waals surface area contributed by atoms with Crippen LogP contribution in [0.2, 0.25) is 10.0 Å². The summed E-state index contributed by atoms with van der Waals surface area (Å²) >= 11 is 13.9. The maximum Gasteiger partial charge on any atom is 0.325 e. The fraction of sp³-hybridized carbons (Fsp3) is 0.481. The molecule has 1 aromatic heterocycles. The molecule has 1 saturated heterocycles. The Morgan fingerprint density at radius 2 is 1.95 bits per heavy atom. The third-order valence-corrected chi connectivity index (χ3v) is 7.90. The maximum absolute atomic E-state index is 13.7. The highest BCUT2D eigenvalue weighted by Gasteiger charge is 2.41. The summed E-state index contributed by atoms with van der Waals surface area (Å²) in [7, 11) is 1.49. The third kappa shape index (κ3) is 8.93. The smallest absolute Gasteiger partial charge is 0.325 e. The van der Waals surface area contributed by atoms with E-state index in [0.717, 1.165) is 10.4 Å². The molecule has 0 saturated carbocycles. The SMILES string of the molecule is CCOC(=O)CN(CCOC)C(=O)CC1C(=O)N(CCc2ccc(Cl)cc2Cl)CC(=O)N1CCc1cccs1. The fourth-order valence-corrected chi connectivity index (χ4v) is 5.53. The largest absolute Gasteiger partial charge is 0.465 e. The summed E-state index contributed by atoms with van der Waals surface area (Å²) in [5.74, 6) is -1.54. The number of nitrogens with zero attached hydrogens (tertiary/aromatic N) is 3. The molecule has 39 heavy (non-hydrogen) atoms. The average Bonchev–Trinajstić information content (AvgIpc) is 3.42. The van der Waals surface area contributed by atoms with Gasteiger partial charge in [-0.25, -0.2) is 0 Å². The summed E-state index contributed by atoms with van der Waals surface area (Å²) in [6.07, 6.45) is 0.738. The van der Waals surface area contributed by atoms with Crippen LogP contribution in [0.1, 0.15) is 23.8 Å². The molecule has 0 N–H and O–H groups in total. The van der Waals surface area contributed by atoms with Crippen LogP contribution in [0, 0.1) is 0 Å². The van der Waals surface area contributed by atoms with Crippen molar-refractivity contribution in [2.75, 3.05) is 53.0 Å². The summed E-state index contributed by atoms with van der Waals surface area (Å²) in [5.41, 5.74) is 0.800. The van der Waals surface area contributed by atoms with Gasteiger partial charge in [-0.2, -0.15) is 0 Å². The molecule has 1 aromatic carbocycles. The first-order valence-electron chi connectivity index (χ1n) is 12.7. The van der Waals surface area contributed by atoms with Crippen molar-refractivity contribution in [1.82, 2.24) is 14.7 Å². The highest BCUT2D eigenvalue weighted by atomic mass is 35.5. The van der Waals surface area contributed by atoms with Crippen LogP contribution in [0.4, 0.5) is 0 Å². The van der Waals surface area contributed by atoms with Crippen LogP contribution in [-0.2, 0) is 41.5 Å². The summed E-state index contributed by atoms with van der Waals surface area (Å²) in [6, 6.07) is 8.04. The monoisotopic (exact) mass is 597 g/mol. The minimum atomic E-state index is -0.994. The van der Waals surface area contributed by atoms with E-state index in [1.807, 2.05) is 17.5 Å². The Labute approximate surface area is 242 Å². The summed E-state index contributed by atoms with van der Waals surface area (Å²) in [6.45, 7) is 2.43. The van der Waals surface area contributed by atoms with Crippen molar-refractivity contribution in [1.29, 1.82) is 0 Å². The topological polar surface area (TPSA) is 96.5 Å². The average molecular weight is 599 g/mol. The number of halogens is 2. The molecule has 3 amide bonds. The second-order valence-corrected chi connectivity index (χ2v) is 10.9. The van der Waals surface area contributed by atoms with E-state index in [9.17, 15) is 19.2 Å². The molecule has 1 atom stereocenters. The number of ether oxygens (including phenoxy) is 2. The van der Waals surface area contributed by atoms with E-state index in [4.69, 9.17) is 32.7 Å². The van der Waals surface area contributed by atoms with E-state index in [0.29, 0.717) is 29.4 Å². The lowest BCUT2D eigenvalue weighted by molar-refractivity contribution is -0.159. The number of piperazine rings is 1. The van der Waals surface area contributed by atoms with Crippen LogP contribution in [0.3, 0.4) is 0 Å². The van der Waals surface area contributed by atoms with Gasteiger partial charge in [0.2, 0.25) is 17.7 Å². The molecule has 0 bridgehead atoms. The van der Waals surface area contributed by atoms with Crippen molar-refractivity contribution in [3.8, 4) is 0 Å². The molecule has 2 aromatic rings. The van der Waals surface area contributed by atoms with Crippen molar-refractivity contribution in [3.05, 3.63) is 56.2 Å². The molecule has 0 radical (unpaired) electrons. The first-order valence-corrected chi connectivity index (χ1v) is 14.3. The van der Waals surface area contributed by atoms with Crippen molar-refractivity contribution >= 4 is 58.2 Å². The van der Waals surface area contributed by atoms with Gasteiger partial charge in [-0.05, 0) is 48.9 Å². The zero-order valence-electron chi connectivity index (χ0n) is 22.1. The van der Waals surface area contributed by atoms with Crippen molar-refractivity contribution < 1.29 is 28.7 Å². The second kappa shape index (κ2) is 15.2. The molecule has 1 aliphatic heterocycles. The number of esters is 1. The van der Waals surface area contributed by atoms with Crippen molar-refractivity contribution in [3.63, 3.8) is 0 Å². The van der Waals surface area contributed by atoms with Crippen LogP contribution in [0.25, 0.3) is 0 Å². The molecule has 9 nitrogen and oxygen atoms in total. The highest BCUT2D eigenvalue weighted by molar-refractivity contribution is 7.09. The molecular weight excluding hydrogens is 565 g/mol. The fourth-order valence-electron chi connectivity index (χ4n) is 4.33. The zero-order chi connectivity index (χ0) is 28.4. The van der Waals surface area contributed by atoms with Crippen LogP contribution >= 0.6 is 34.5 Å². The Morgan fingerprint density at radius 3 is 2.62 bits per heavy atom. The Kier molecular flexibility index (Phi) is 12.0. The van der Waals surface area contributed by atoms with Crippen LogP contribution in [-0.4, -0.2) is 97.5 Å². The maximum atomic E-state index is 13.7. The molecule has 0 spiro atoms. The molecule has 1 fully saturated rings. The Hall–Kier alpha value is -2.66. The number of rotatable bonds is 14. The van der Waals surface area contributed by atoms with E-state index < -0.39 is 17.9 Å². The van der Waals surface area contributed by atoms with E-state index >= 15 is 0 Å². The molecule has 212 valence electrons. The summed E-state index contributed by atoms with van der Waals surface area (Å²) in [5, 5.41) is 2.94. The first kappa shape index (κ1) is 30.9. The van der Waals surface area contributed by atoms with Gasteiger partial charge in [0, 0.05) is 41.7 Å². The minimum absolute atomic E-state index is 0.0879. The molecule has 1 aliphatic rings. The predicted octanol–water partition coefficient (Wildman–Crippen LogP) is 3.31. The first-order chi connectivity index (χ1) is 18.7. The standard InChI is InChI=1S/C27H33Cl2N3O6S/c1-3-38-26(35)18-30(12-13-37-2)24(33)16-23-27(36)31(10-8-19-6-7-20(28)15-22(19)29)17-25(34)32(23)11-9-21-5-4-14-39-21/h4-7,14-15,23H,3,8-13,16-18H2,1-2H3. The van der Waals surface area contributed by atoms with Crippen LogP contribution in [0.5, 0.6) is 0 Å². The number of methoxy groups -OCH3 is 1. The summed E-state index contributed by atoms with van der Waals surface area (Å²) in [4.78, 5) is 57.8. The number of hydrogen-bond acceptors (Lipinski definition) is 7. The van der Waals surface area contributed by atoms with Crippen LogP contribution in [0.15, 0.2) is 35.7 Å². The van der Waals surface area contributed by atoms with Gasteiger partial charge in [0.05, 0.1) is 26.2 Å². The van der Waals surface area contributed by atoms with Gasteiger partial charge >= 0.3 is 5.97 Å². The van der Waals surface area contributed by atoms with Gasteiger partial charge in [0.15, 0.2) is 0 Å².